The van der Waals surface area contributed by atoms with E-state index in [-0.39, 0.29) is 5.56 Å². The van der Waals surface area contributed by atoms with E-state index in [4.69, 9.17) is 9.47 Å². The van der Waals surface area contributed by atoms with Crippen molar-refractivity contribution in [1.29, 1.82) is 0 Å². The van der Waals surface area contributed by atoms with E-state index in [1.165, 1.54) is 24.3 Å². The standard InChI is InChI=1S/C12H9FO4/c1-7-6-10(16-11(7)14)17-12(15)8-4-2-3-5-9(8)13/h2-6,10H,1H3/t10-/m0/s1. The Kier molecular flexibility index (Phi) is 2.91. The van der Waals surface area contributed by atoms with E-state index in [2.05, 4.69) is 0 Å². The van der Waals surface area contributed by atoms with Crippen molar-refractivity contribution in [3.63, 3.8) is 0 Å². The SMILES string of the molecule is CC1=C[C@H](OC(=O)c2ccccc2F)OC1=O. The van der Waals surface area contributed by atoms with Gasteiger partial charge in [0.15, 0.2) is 0 Å². The molecule has 0 saturated heterocycles. The average Bonchev–Trinajstić information content (AvgIpc) is 2.58. The van der Waals surface area contributed by atoms with Crippen LogP contribution in [0.2, 0.25) is 0 Å². The summed E-state index contributed by atoms with van der Waals surface area (Å²) in [4.78, 5) is 22.6. The highest BCUT2D eigenvalue weighted by atomic mass is 19.1. The van der Waals surface area contributed by atoms with E-state index < -0.39 is 24.0 Å². The van der Waals surface area contributed by atoms with Crippen LogP contribution in [0.15, 0.2) is 35.9 Å². The van der Waals surface area contributed by atoms with Crippen LogP contribution in [0.3, 0.4) is 0 Å². The molecular formula is C12H9FO4. The number of esters is 2. The summed E-state index contributed by atoms with van der Waals surface area (Å²) in [5, 5.41) is 0. The molecule has 0 N–H and O–H groups in total. The van der Waals surface area contributed by atoms with Gasteiger partial charge < -0.3 is 9.47 Å². The lowest BCUT2D eigenvalue weighted by atomic mass is 10.2. The molecule has 0 amide bonds. The fourth-order valence-corrected chi connectivity index (χ4v) is 1.36. The van der Waals surface area contributed by atoms with Crippen LogP contribution in [-0.4, -0.2) is 18.2 Å². The van der Waals surface area contributed by atoms with Crippen molar-refractivity contribution >= 4 is 11.9 Å². The van der Waals surface area contributed by atoms with E-state index in [0.29, 0.717) is 5.57 Å². The molecule has 88 valence electrons. The van der Waals surface area contributed by atoms with Crippen LogP contribution in [0.5, 0.6) is 0 Å². The zero-order chi connectivity index (χ0) is 12.4. The molecule has 0 saturated carbocycles. The summed E-state index contributed by atoms with van der Waals surface area (Å²) in [7, 11) is 0. The van der Waals surface area contributed by atoms with Crippen molar-refractivity contribution in [2.24, 2.45) is 0 Å². The number of hydrogen-bond acceptors (Lipinski definition) is 4. The minimum atomic E-state index is -1.07. The van der Waals surface area contributed by atoms with Crippen molar-refractivity contribution in [2.75, 3.05) is 0 Å². The number of carbonyl (C=O) groups excluding carboxylic acids is 2. The van der Waals surface area contributed by atoms with Gasteiger partial charge in [-0.3, -0.25) is 0 Å². The van der Waals surface area contributed by atoms with Gasteiger partial charge in [-0.1, -0.05) is 12.1 Å². The van der Waals surface area contributed by atoms with E-state index in [0.717, 1.165) is 6.07 Å². The molecule has 1 aromatic rings. The molecule has 0 bridgehead atoms. The lowest BCUT2D eigenvalue weighted by Gasteiger charge is -2.09. The van der Waals surface area contributed by atoms with Crippen molar-refractivity contribution < 1.29 is 23.5 Å². The van der Waals surface area contributed by atoms with Gasteiger partial charge in [-0.15, -0.1) is 0 Å². The summed E-state index contributed by atoms with van der Waals surface area (Å²) >= 11 is 0. The molecule has 4 nitrogen and oxygen atoms in total. The third-order valence-corrected chi connectivity index (χ3v) is 2.25. The first-order valence-corrected chi connectivity index (χ1v) is 4.93. The largest absolute Gasteiger partial charge is 0.418 e. The molecule has 0 spiro atoms. The van der Waals surface area contributed by atoms with Gasteiger partial charge in [0, 0.05) is 11.6 Å². The summed E-state index contributed by atoms with van der Waals surface area (Å²) in [6, 6.07) is 5.43. The Labute approximate surface area is 96.6 Å². The Bertz CT molecular complexity index is 507. The molecule has 1 aliphatic heterocycles. The first kappa shape index (κ1) is 11.3. The molecule has 1 aromatic carbocycles. The van der Waals surface area contributed by atoms with Crippen LogP contribution in [0.4, 0.5) is 4.39 Å². The Balaban J connectivity index is 2.09. The van der Waals surface area contributed by atoms with E-state index in [1.807, 2.05) is 0 Å². The van der Waals surface area contributed by atoms with Crippen molar-refractivity contribution in [2.45, 2.75) is 13.2 Å². The number of hydrogen-bond donors (Lipinski definition) is 0. The summed E-state index contributed by atoms with van der Waals surface area (Å²) in [5.41, 5.74) is 0.165. The fourth-order valence-electron chi connectivity index (χ4n) is 1.36. The molecule has 1 heterocycles. The number of benzene rings is 1. The van der Waals surface area contributed by atoms with Gasteiger partial charge in [0.25, 0.3) is 6.29 Å². The van der Waals surface area contributed by atoms with Gasteiger partial charge in [-0.25, -0.2) is 14.0 Å². The zero-order valence-corrected chi connectivity index (χ0v) is 8.98. The zero-order valence-electron chi connectivity index (χ0n) is 8.98. The van der Waals surface area contributed by atoms with E-state index in [1.54, 1.807) is 6.92 Å². The van der Waals surface area contributed by atoms with Crippen molar-refractivity contribution in [1.82, 2.24) is 0 Å². The fraction of sp³-hybridized carbons (Fsp3) is 0.167. The number of cyclic esters (lactones) is 1. The predicted molar refractivity (Wildman–Crippen MR) is 55.5 cm³/mol. The highest BCUT2D eigenvalue weighted by Gasteiger charge is 2.26. The summed E-state index contributed by atoms with van der Waals surface area (Å²) in [6.07, 6.45) is 0.288. The molecule has 0 aromatic heterocycles. The Morgan fingerprint density at radius 2 is 2.12 bits per heavy atom. The third-order valence-electron chi connectivity index (χ3n) is 2.25. The normalized spacial score (nSPS) is 18.6. The maximum absolute atomic E-state index is 13.2. The maximum Gasteiger partial charge on any atom is 0.344 e. The first-order valence-electron chi connectivity index (χ1n) is 4.93. The Morgan fingerprint density at radius 1 is 1.41 bits per heavy atom. The van der Waals surface area contributed by atoms with Gasteiger partial charge in [0.05, 0.1) is 5.56 Å². The summed E-state index contributed by atoms with van der Waals surface area (Å²) in [5.74, 6) is -2.09. The summed E-state index contributed by atoms with van der Waals surface area (Å²) < 4.78 is 22.8. The van der Waals surface area contributed by atoms with Crippen LogP contribution < -0.4 is 0 Å². The highest BCUT2D eigenvalue weighted by Crippen LogP contribution is 2.16. The second-order valence-electron chi connectivity index (χ2n) is 3.51. The monoisotopic (exact) mass is 236 g/mol. The second kappa shape index (κ2) is 4.37. The number of rotatable bonds is 2. The first-order chi connectivity index (χ1) is 8.08. The van der Waals surface area contributed by atoms with E-state index in [9.17, 15) is 14.0 Å². The predicted octanol–water partition coefficient (Wildman–Crippen LogP) is 1.81. The molecule has 0 fully saturated rings. The number of halogens is 1. The van der Waals surface area contributed by atoms with Crippen molar-refractivity contribution in [3.8, 4) is 0 Å². The Morgan fingerprint density at radius 3 is 2.71 bits per heavy atom. The van der Waals surface area contributed by atoms with Crippen LogP contribution in [0.25, 0.3) is 0 Å². The van der Waals surface area contributed by atoms with Crippen LogP contribution in [0, 0.1) is 5.82 Å². The number of carbonyl (C=O) groups is 2. The van der Waals surface area contributed by atoms with Gasteiger partial charge >= 0.3 is 11.9 Å². The van der Waals surface area contributed by atoms with Crippen LogP contribution in [-0.2, 0) is 14.3 Å². The second-order valence-corrected chi connectivity index (χ2v) is 3.51. The lowest BCUT2D eigenvalue weighted by Crippen LogP contribution is -2.18. The molecular weight excluding hydrogens is 227 g/mol. The molecule has 17 heavy (non-hydrogen) atoms. The van der Waals surface area contributed by atoms with Gasteiger partial charge in [-0.05, 0) is 19.1 Å². The molecule has 2 rings (SSSR count). The molecule has 0 unspecified atom stereocenters. The van der Waals surface area contributed by atoms with Gasteiger partial charge in [0.1, 0.15) is 5.82 Å². The third kappa shape index (κ3) is 2.33. The minimum Gasteiger partial charge on any atom is -0.418 e. The van der Waals surface area contributed by atoms with Gasteiger partial charge in [0.2, 0.25) is 0 Å². The molecule has 0 aliphatic carbocycles. The van der Waals surface area contributed by atoms with Gasteiger partial charge in [-0.2, -0.15) is 0 Å². The molecule has 0 radical (unpaired) electrons. The average molecular weight is 236 g/mol. The van der Waals surface area contributed by atoms with E-state index >= 15 is 0 Å². The maximum atomic E-state index is 13.2. The number of ether oxygens (including phenoxy) is 2. The minimum absolute atomic E-state index is 0.193. The van der Waals surface area contributed by atoms with Crippen molar-refractivity contribution in [3.05, 3.63) is 47.3 Å². The summed E-state index contributed by atoms with van der Waals surface area (Å²) in [6.45, 7) is 1.54. The molecule has 1 aliphatic rings. The smallest absolute Gasteiger partial charge is 0.344 e. The highest BCUT2D eigenvalue weighted by molar-refractivity contribution is 5.92. The topological polar surface area (TPSA) is 52.6 Å². The Hall–Kier alpha value is -2.17. The van der Waals surface area contributed by atoms with Crippen LogP contribution in [0.1, 0.15) is 17.3 Å². The quantitative estimate of drug-likeness (QED) is 0.735. The van der Waals surface area contributed by atoms with Crippen LogP contribution >= 0.6 is 0 Å². The lowest BCUT2D eigenvalue weighted by molar-refractivity contribution is -0.151. The molecule has 1 atom stereocenters. The molecule has 5 heteroatoms.